The van der Waals surface area contributed by atoms with E-state index in [1.165, 1.54) is 0 Å². The van der Waals surface area contributed by atoms with Crippen molar-refractivity contribution < 1.29 is 9.90 Å². The first-order chi connectivity index (χ1) is 13.4. The predicted molar refractivity (Wildman–Crippen MR) is 144 cm³/mol. The number of nitrogens with two attached hydrogens (primary N) is 1. The van der Waals surface area contributed by atoms with E-state index in [4.69, 9.17) is 5.73 Å². The summed E-state index contributed by atoms with van der Waals surface area (Å²) in [5, 5.41) is 17.4. The maximum absolute atomic E-state index is 12.3. The van der Waals surface area contributed by atoms with Crippen molar-refractivity contribution in [2.75, 3.05) is 10.6 Å². The van der Waals surface area contributed by atoms with Crippen LogP contribution < -0.4 is 22.0 Å². The van der Waals surface area contributed by atoms with Crippen molar-refractivity contribution in [1.29, 1.82) is 0 Å². The monoisotopic (exact) mass is 405 g/mol. The van der Waals surface area contributed by atoms with Gasteiger partial charge in [-0.25, -0.2) is 4.98 Å². The second-order valence-corrected chi connectivity index (χ2v) is 11.4. The summed E-state index contributed by atoms with van der Waals surface area (Å²) in [5.74, 6) is 0.678. The lowest BCUT2D eigenvalue weighted by atomic mass is 9.22. The molecule has 0 aliphatic heterocycles. The summed E-state index contributed by atoms with van der Waals surface area (Å²) < 4.78 is 0. The van der Waals surface area contributed by atoms with Gasteiger partial charge in [0.1, 0.15) is 52.9 Å². The van der Waals surface area contributed by atoms with Crippen molar-refractivity contribution in [2.45, 2.75) is 66.9 Å². The van der Waals surface area contributed by atoms with E-state index in [-0.39, 0.29) is 28.1 Å². The Kier molecular flexibility index (Phi) is 6.30. The van der Waals surface area contributed by atoms with Crippen LogP contribution in [0.5, 0.6) is 0 Å². The first kappa shape index (κ1) is 24.8. The van der Waals surface area contributed by atoms with E-state index in [2.05, 4.69) is 74.6 Å². The summed E-state index contributed by atoms with van der Waals surface area (Å²) in [5.41, 5.74) is 5.72. The third-order valence-corrected chi connectivity index (χ3v) is 7.76. The highest BCUT2D eigenvalue weighted by Crippen LogP contribution is 2.63. The van der Waals surface area contributed by atoms with E-state index in [0.717, 1.165) is 0 Å². The summed E-state index contributed by atoms with van der Waals surface area (Å²) in [4.78, 5) is 21.4. The smallest absolute Gasteiger partial charge is 0.253 e. The topological polar surface area (TPSA) is 113 Å². The molecule has 7 nitrogen and oxygen atoms in total. The Hall–Kier alpha value is -1.44. The Morgan fingerprint density at radius 1 is 1.13 bits per heavy atom. The average molecular weight is 404 g/mol. The summed E-state index contributed by atoms with van der Waals surface area (Å²) in [6.07, 6.45) is -0.555. The Morgan fingerprint density at radius 3 is 2.13 bits per heavy atom. The number of carbonyl (C=O) groups is 1. The van der Waals surface area contributed by atoms with Crippen molar-refractivity contribution in [3.63, 3.8) is 0 Å². The molecule has 0 aromatic carbocycles. The molecule has 30 heavy (non-hydrogen) atoms. The molecule has 0 bridgehead atoms. The predicted octanol–water partition coefficient (Wildman–Crippen LogP) is -5.80. The number of hydrogen-bond donors (Lipinski definition) is 4. The minimum atomic E-state index is -0.573. The van der Waals surface area contributed by atoms with Crippen LogP contribution in [0.1, 0.15) is 38.1 Å². The van der Waals surface area contributed by atoms with Crippen LogP contribution in [0.2, 0.25) is 22.2 Å². The standard InChI is InChI=1S/C16H34B7N5O2/c1-13(2,3)28-12-25-8(19)5(9(24)29)10(26-12)27-16(23)7(18)6(17)14(4,20)11(30)15(16,21)22/h6-7,11,30H,17-23H2,1-4H3,(H2,24,29)(H2,25,26,27,28). The molecule has 0 radical (unpaired) electrons. The zero-order valence-corrected chi connectivity index (χ0v) is 20.6. The molecule has 1 amide bonds. The van der Waals surface area contributed by atoms with Crippen LogP contribution in [-0.4, -0.2) is 93.0 Å². The first-order valence-corrected chi connectivity index (χ1v) is 10.8. The number of amides is 1. The lowest BCUT2D eigenvalue weighted by Crippen LogP contribution is -2.66. The minimum Gasteiger partial charge on any atom is -0.394 e. The van der Waals surface area contributed by atoms with E-state index in [9.17, 15) is 9.90 Å². The van der Waals surface area contributed by atoms with Gasteiger partial charge in [0.2, 0.25) is 5.95 Å². The number of anilines is 2. The molecule has 1 heterocycles. The zero-order valence-electron chi connectivity index (χ0n) is 20.6. The number of rotatable bonds is 4. The molecule has 5 atom stereocenters. The number of nitrogens with zero attached hydrogens (tertiary/aromatic N) is 2. The van der Waals surface area contributed by atoms with E-state index < -0.39 is 22.7 Å². The molecule has 0 spiro atoms. The van der Waals surface area contributed by atoms with Crippen LogP contribution >= 0.6 is 0 Å². The summed E-state index contributed by atoms with van der Waals surface area (Å²) in [6.45, 7) is 8.19. The molecule has 2 rings (SSSR count). The number of nitrogens with one attached hydrogen (secondary N) is 2. The molecular formula is C16H34B7N5O2. The molecule has 5 N–H and O–H groups in total. The van der Waals surface area contributed by atoms with Gasteiger partial charge in [0.15, 0.2) is 7.85 Å². The van der Waals surface area contributed by atoms with Crippen molar-refractivity contribution in [3.8, 4) is 0 Å². The number of hydrogen-bond acceptors (Lipinski definition) is 6. The van der Waals surface area contributed by atoms with Gasteiger partial charge < -0.3 is 21.5 Å². The van der Waals surface area contributed by atoms with E-state index in [0.29, 0.717) is 17.4 Å². The number of aliphatic hydroxyl groups is 1. The molecule has 1 fully saturated rings. The maximum atomic E-state index is 12.3. The van der Waals surface area contributed by atoms with Gasteiger partial charge in [0.05, 0.1) is 5.56 Å². The highest BCUT2D eigenvalue weighted by atomic mass is 16.3. The van der Waals surface area contributed by atoms with Crippen LogP contribution in [-0.2, 0) is 0 Å². The van der Waals surface area contributed by atoms with Gasteiger partial charge in [-0.3, -0.25) is 4.79 Å². The number of primary amides is 1. The number of aromatic nitrogens is 2. The normalized spacial score (nSPS) is 33.6. The van der Waals surface area contributed by atoms with Crippen molar-refractivity contribution in [1.82, 2.24) is 9.97 Å². The quantitative estimate of drug-likeness (QED) is 0.372. The van der Waals surface area contributed by atoms with Gasteiger partial charge in [0, 0.05) is 17.2 Å². The molecule has 5 unspecified atom stereocenters. The molecule has 14 heteroatoms. The average Bonchev–Trinajstić information content (AvgIpc) is 2.56. The Labute approximate surface area is 187 Å². The largest absolute Gasteiger partial charge is 0.394 e. The molecular weight excluding hydrogens is 370 g/mol. The van der Waals surface area contributed by atoms with Gasteiger partial charge >= 0.3 is 0 Å². The summed E-state index contributed by atoms with van der Waals surface area (Å²) in [7, 11) is 14.5. The fraction of sp³-hybridized carbons (Fsp3) is 0.688. The second kappa shape index (κ2) is 7.61. The third kappa shape index (κ3) is 4.04. The SMILES string of the molecule is Bc1nc(NC(C)(C)C)nc(NC2(B)C(B)C(B)C(B)(C)C(O)C2(B)B)c1C(N)=O. The van der Waals surface area contributed by atoms with Gasteiger partial charge in [-0.05, 0) is 36.7 Å². The van der Waals surface area contributed by atoms with Gasteiger partial charge in [-0.2, -0.15) is 4.98 Å². The van der Waals surface area contributed by atoms with Crippen LogP contribution in [0.25, 0.3) is 0 Å². The highest BCUT2D eigenvalue weighted by molar-refractivity contribution is 6.49. The lowest BCUT2D eigenvalue weighted by Gasteiger charge is -2.64. The van der Waals surface area contributed by atoms with Crippen LogP contribution in [0.3, 0.4) is 0 Å². The van der Waals surface area contributed by atoms with Gasteiger partial charge in [-0.1, -0.05) is 18.6 Å². The molecule has 1 aromatic rings. The molecule has 1 aliphatic carbocycles. The van der Waals surface area contributed by atoms with Crippen molar-refractivity contribution in [3.05, 3.63) is 5.56 Å². The third-order valence-electron chi connectivity index (χ3n) is 7.76. The number of carbonyl (C=O) groups excluding carboxylic acids is 1. The molecule has 156 valence electrons. The van der Waals surface area contributed by atoms with E-state index >= 15 is 0 Å². The van der Waals surface area contributed by atoms with Gasteiger partial charge in [-0.15, -0.1) is 0 Å². The van der Waals surface area contributed by atoms with Crippen molar-refractivity contribution in [2.24, 2.45) is 5.73 Å². The van der Waals surface area contributed by atoms with Crippen molar-refractivity contribution >= 4 is 78.2 Å². The highest BCUT2D eigenvalue weighted by Gasteiger charge is 2.60. The summed E-state index contributed by atoms with van der Waals surface area (Å²) in [6, 6.07) is 0. The maximum Gasteiger partial charge on any atom is 0.253 e. The fourth-order valence-electron chi connectivity index (χ4n) is 5.06. The second-order valence-electron chi connectivity index (χ2n) is 11.4. The summed E-state index contributed by atoms with van der Waals surface area (Å²) >= 11 is 0. The minimum absolute atomic E-state index is 0.181. The van der Waals surface area contributed by atoms with E-state index in [1.54, 1.807) is 7.85 Å². The first-order valence-electron chi connectivity index (χ1n) is 10.8. The Balaban J connectivity index is 2.65. The zero-order chi connectivity index (χ0) is 23.4. The van der Waals surface area contributed by atoms with Crippen LogP contribution in [0.4, 0.5) is 11.8 Å². The van der Waals surface area contributed by atoms with Gasteiger partial charge in [0.25, 0.3) is 5.91 Å². The van der Waals surface area contributed by atoms with Crippen LogP contribution in [0, 0.1) is 0 Å². The Morgan fingerprint density at radius 2 is 1.67 bits per heavy atom. The number of aliphatic hydroxyl groups excluding tert-OH is 1. The lowest BCUT2D eigenvalue weighted by molar-refractivity contribution is 0.0630. The molecule has 1 aliphatic rings. The molecule has 1 saturated carbocycles. The molecule has 0 saturated heterocycles. The molecule has 1 aromatic heterocycles. The van der Waals surface area contributed by atoms with E-state index in [1.807, 2.05) is 20.8 Å². The fourth-order valence-corrected chi connectivity index (χ4v) is 5.06. The Bertz CT molecular complexity index is 848. The van der Waals surface area contributed by atoms with Crippen LogP contribution in [0.15, 0.2) is 0 Å².